The van der Waals surface area contributed by atoms with Crippen LogP contribution in [0.5, 0.6) is 0 Å². The predicted octanol–water partition coefficient (Wildman–Crippen LogP) is 3.66. The lowest BCUT2D eigenvalue weighted by Gasteiger charge is -2.28. The lowest BCUT2D eigenvalue weighted by Crippen LogP contribution is -2.29. The number of rotatable bonds is 5. The number of carbonyl (C=O) groups excluding carboxylic acids is 2. The number of benzene rings is 2. The molecule has 0 aliphatic carbocycles. The molecule has 2 fully saturated rings. The number of carbonyl (C=O) groups is 2. The molecular weight excluding hydrogens is 350 g/mol. The molecule has 0 aromatic heterocycles. The molecule has 2 aliphatic rings. The van der Waals surface area contributed by atoms with Crippen LogP contribution in [0.2, 0.25) is 0 Å². The normalized spacial score (nSPS) is 19.7. The smallest absolute Gasteiger partial charge is 0.229 e. The van der Waals surface area contributed by atoms with Crippen LogP contribution in [0.1, 0.15) is 31.2 Å². The van der Waals surface area contributed by atoms with E-state index in [4.69, 9.17) is 0 Å². The summed E-state index contributed by atoms with van der Waals surface area (Å²) in [6, 6.07) is 18.0. The van der Waals surface area contributed by atoms with Crippen molar-refractivity contribution < 1.29 is 9.59 Å². The molecule has 0 unspecified atom stereocenters. The monoisotopic (exact) mass is 377 g/mol. The highest BCUT2D eigenvalue weighted by atomic mass is 16.2. The topological polar surface area (TPSA) is 52.7 Å². The van der Waals surface area contributed by atoms with Gasteiger partial charge in [0.2, 0.25) is 11.8 Å². The maximum atomic E-state index is 12.6. The van der Waals surface area contributed by atoms with Gasteiger partial charge in [0.1, 0.15) is 0 Å². The molecule has 2 amide bonds. The molecule has 2 heterocycles. The van der Waals surface area contributed by atoms with Crippen molar-refractivity contribution in [2.45, 2.75) is 32.2 Å². The van der Waals surface area contributed by atoms with Crippen LogP contribution in [0.4, 0.5) is 11.4 Å². The van der Waals surface area contributed by atoms with Crippen LogP contribution in [-0.2, 0) is 16.1 Å². The molecule has 2 aromatic carbocycles. The van der Waals surface area contributed by atoms with Gasteiger partial charge in [-0.3, -0.25) is 9.59 Å². The minimum atomic E-state index is -0.294. The molecule has 2 saturated heterocycles. The standard InChI is InChI=1S/C23H27N3O2/c27-22-15-19(17-26(22)16-18-7-3-1-4-8-18)23(28)24-20-9-11-21(12-10-20)25-13-5-2-6-14-25/h1,3-4,7-12,19H,2,5-6,13-17H2,(H,24,28)/t19-/m1/s1. The van der Waals surface area contributed by atoms with Crippen molar-refractivity contribution >= 4 is 23.2 Å². The summed E-state index contributed by atoms with van der Waals surface area (Å²) in [6.45, 7) is 3.25. The van der Waals surface area contributed by atoms with Gasteiger partial charge in [0.15, 0.2) is 0 Å². The second kappa shape index (κ2) is 8.46. The molecule has 4 rings (SSSR count). The summed E-state index contributed by atoms with van der Waals surface area (Å²) in [5, 5.41) is 2.98. The SMILES string of the molecule is O=C(Nc1ccc(N2CCCCC2)cc1)[C@@H]1CC(=O)N(Cc2ccccc2)C1. The van der Waals surface area contributed by atoms with Gasteiger partial charge in [-0.1, -0.05) is 30.3 Å². The molecule has 2 aromatic rings. The van der Waals surface area contributed by atoms with Crippen molar-refractivity contribution in [2.75, 3.05) is 29.9 Å². The number of amides is 2. The van der Waals surface area contributed by atoms with Gasteiger partial charge in [-0.05, 0) is 49.1 Å². The van der Waals surface area contributed by atoms with E-state index in [9.17, 15) is 9.59 Å². The quantitative estimate of drug-likeness (QED) is 0.865. The van der Waals surface area contributed by atoms with Gasteiger partial charge in [-0.25, -0.2) is 0 Å². The van der Waals surface area contributed by atoms with Gasteiger partial charge in [0.05, 0.1) is 5.92 Å². The summed E-state index contributed by atoms with van der Waals surface area (Å²) in [7, 11) is 0. The summed E-state index contributed by atoms with van der Waals surface area (Å²) in [5.41, 5.74) is 3.09. The largest absolute Gasteiger partial charge is 0.372 e. The molecule has 2 aliphatic heterocycles. The Morgan fingerprint density at radius 1 is 0.964 bits per heavy atom. The zero-order chi connectivity index (χ0) is 19.3. The van der Waals surface area contributed by atoms with Crippen molar-refractivity contribution in [3.8, 4) is 0 Å². The summed E-state index contributed by atoms with van der Waals surface area (Å²) < 4.78 is 0. The second-order valence-corrected chi connectivity index (χ2v) is 7.74. The fourth-order valence-corrected chi connectivity index (χ4v) is 4.06. The summed E-state index contributed by atoms with van der Waals surface area (Å²) in [5.74, 6) is -0.322. The van der Waals surface area contributed by atoms with Crippen LogP contribution in [0, 0.1) is 5.92 Å². The molecule has 5 heteroatoms. The number of piperidine rings is 1. The number of hydrogen-bond donors (Lipinski definition) is 1. The maximum Gasteiger partial charge on any atom is 0.229 e. The summed E-state index contributed by atoms with van der Waals surface area (Å²) in [6.07, 6.45) is 4.08. The van der Waals surface area contributed by atoms with E-state index in [2.05, 4.69) is 22.3 Å². The van der Waals surface area contributed by atoms with Crippen LogP contribution >= 0.6 is 0 Å². The van der Waals surface area contributed by atoms with E-state index in [0.29, 0.717) is 13.1 Å². The first-order chi connectivity index (χ1) is 13.7. The van der Waals surface area contributed by atoms with E-state index in [0.717, 1.165) is 24.3 Å². The van der Waals surface area contributed by atoms with Crippen LogP contribution in [0.3, 0.4) is 0 Å². The molecule has 0 bridgehead atoms. The zero-order valence-corrected chi connectivity index (χ0v) is 16.1. The van der Waals surface area contributed by atoms with Crippen molar-refractivity contribution in [3.63, 3.8) is 0 Å². The minimum absolute atomic E-state index is 0.0458. The number of likely N-dealkylation sites (tertiary alicyclic amines) is 1. The highest BCUT2D eigenvalue weighted by molar-refractivity contribution is 5.97. The van der Waals surface area contributed by atoms with Gasteiger partial charge >= 0.3 is 0 Å². The van der Waals surface area contributed by atoms with Crippen molar-refractivity contribution in [1.29, 1.82) is 0 Å². The highest BCUT2D eigenvalue weighted by Crippen LogP contribution is 2.24. The van der Waals surface area contributed by atoms with Gasteiger partial charge in [0.25, 0.3) is 0 Å². The molecule has 28 heavy (non-hydrogen) atoms. The third kappa shape index (κ3) is 4.35. The van der Waals surface area contributed by atoms with Crippen LogP contribution in [-0.4, -0.2) is 36.3 Å². The Hall–Kier alpha value is -2.82. The van der Waals surface area contributed by atoms with Gasteiger partial charge < -0.3 is 15.1 Å². The van der Waals surface area contributed by atoms with Gasteiger partial charge in [-0.15, -0.1) is 0 Å². The average molecular weight is 377 g/mol. The molecule has 0 radical (unpaired) electrons. The van der Waals surface area contributed by atoms with Crippen molar-refractivity contribution in [2.24, 2.45) is 5.92 Å². The summed E-state index contributed by atoms with van der Waals surface area (Å²) in [4.78, 5) is 29.1. The van der Waals surface area contributed by atoms with Crippen LogP contribution < -0.4 is 10.2 Å². The fourth-order valence-electron chi connectivity index (χ4n) is 4.06. The summed E-state index contributed by atoms with van der Waals surface area (Å²) >= 11 is 0. The number of nitrogens with zero attached hydrogens (tertiary/aromatic N) is 2. The Labute approximate surface area is 166 Å². The first-order valence-electron chi connectivity index (χ1n) is 10.2. The molecule has 1 atom stereocenters. The van der Waals surface area contributed by atoms with E-state index in [1.165, 1.54) is 24.9 Å². The molecule has 1 N–H and O–H groups in total. The number of nitrogens with one attached hydrogen (secondary N) is 1. The Morgan fingerprint density at radius 3 is 2.39 bits per heavy atom. The Kier molecular flexibility index (Phi) is 5.60. The highest BCUT2D eigenvalue weighted by Gasteiger charge is 2.34. The van der Waals surface area contributed by atoms with Crippen molar-refractivity contribution in [1.82, 2.24) is 4.90 Å². The molecule has 0 spiro atoms. The second-order valence-electron chi connectivity index (χ2n) is 7.74. The average Bonchev–Trinajstić information content (AvgIpc) is 3.10. The van der Waals surface area contributed by atoms with E-state index < -0.39 is 0 Å². The van der Waals surface area contributed by atoms with Crippen LogP contribution in [0.25, 0.3) is 0 Å². The lowest BCUT2D eigenvalue weighted by atomic mass is 10.1. The third-order valence-electron chi connectivity index (χ3n) is 5.66. The predicted molar refractivity (Wildman–Crippen MR) is 111 cm³/mol. The maximum absolute atomic E-state index is 12.6. The van der Waals surface area contributed by atoms with E-state index >= 15 is 0 Å². The minimum Gasteiger partial charge on any atom is -0.372 e. The number of anilines is 2. The molecule has 146 valence electrons. The van der Waals surface area contributed by atoms with Crippen molar-refractivity contribution in [3.05, 3.63) is 60.2 Å². The van der Waals surface area contributed by atoms with E-state index in [1.54, 1.807) is 4.90 Å². The van der Waals surface area contributed by atoms with Gasteiger partial charge in [0, 0.05) is 44.0 Å². The fraction of sp³-hybridized carbons (Fsp3) is 0.391. The third-order valence-corrected chi connectivity index (χ3v) is 5.66. The Bertz CT molecular complexity index is 814. The van der Waals surface area contributed by atoms with Crippen LogP contribution in [0.15, 0.2) is 54.6 Å². The molecule has 0 saturated carbocycles. The van der Waals surface area contributed by atoms with Gasteiger partial charge in [-0.2, -0.15) is 0 Å². The first kappa shape index (κ1) is 18.5. The lowest BCUT2D eigenvalue weighted by molar-refractivity contribution is -0.128. The van der Waals surface area contributed by atoms with E-state index in [-0.39, 0.29) is 24.2 Å². The zero-order valence-electron chi connectivity index (χ0n) is 16.1. The molecular formula is C23H27N3O2. The first-order valence-corrected chi connectivity index (χ1v) is 10.2. The van der Waals surface area contributed by atoms with E-state index in [1.807, 2.05) is 42.5 Å². The Balaban J connectivity index is 1.33. The molecule has 5 nitrogen and oxygen atoms in total. The Morgan fingerprint density at radius 2 is 1.68 bits per heavy atom. The number of hydrogen-bond acceptors (Lipinski definition) is 3.